The molecule has 4 amide bonds. The Labute approximate surface area is 376 Å². The molecule has 1 aromatic carbocycles. The number of piperidine rings is 1. The standard InChI is InChI=1S/C46H70FN7O8S/c1-9-11-12-15-20-54(44(59)33(29(5)10-2)26-50-41(57)36-16-13-14-19-49-36)38(28(3)4)23-39(62-30(6)55)43-53-37(27-63-43)42(58)51-32(24-46(7,8)45(60)61)21-31-17-18-35(34(47)22-31)52-40(56)25-48/h17-18,22,26-29,32-33,36,38-39,49H,9-16,19-21,23-25,48H2,1-8H3,(H,51,58)(H,52,56)(H,60,61)/t29-,32-,33?,36?,38+,39+/m0/s1. The predicted octanol–water partition coefficient (Wildman–Crippen LogP) is 6.85. The van der Waals surface area contributed by atoms with Gasteiger partial charge >= 0.3 is 11.9 Å². The summed E-state index contributed by atoms with van der Waals surface area (Å²) >= 11 is 1.12. The van der Waals surface area contributed by atoms with Gasteiger partial charge in [0.2, 0.25) is 11.8 Å². The predicted molar refractivity (Wildman–Crippen MR) is 243 cm³/mol. The molecule has 1 saturated heterocycles. The van der Waals surface area contributed by atoms with Crippen LogP contribution in [0.15, 0.2) is 28.6 Å². The number of thiazole rings is 1. The number of carboxylic acid groups (broad SMARTS) is 1. The number of aromatic nitrogens is 1. The molecule has 2 unspecified atom stereocenters. The number of ether oxygens (including phenoxy) is 1. The van der Waals surface area contributed by atoms with Crippen molar-refractivity contribution in [3.05, 3.63) is 45.7 Å². The molecule has 6 N–H and O–H groups in total. The van der Waals surface area contributed by atoms with E-state index in [1.165, 1.54) is 44.5 Å². The van der Waals surface area contributed by atoms with Crippen molar-refractivity contribution in [2.45, 2.75) is 150 Å². The van der Waals surface area contributed by atoms with E-state index in [1.807, 2.05) is 32.6 Å². The topological polar surface area (TPSA) is 222 Å². The largest absolute Gasteiger partial charge is 0.481 e. The number of esters is 1. The highest BCUT2D eigenvalue weighted by Crippen LogP contribution is 2.33. The van der Waals surface area contributed by atoms with Gasteiger partial charge in [-0.3, -0.25) is 28.8 Å². The van der Waals surface area contributed by atoms with Gasteiger partial charge in [-0.15, -0.1) is 11.3 Å². The van der Waals surface area contributed by atoms with Crippen LogP contribution < -0.4 is 21.7 Å². The van der Waals surface area contributed by atoms with Crippen molar-refractivity contribution in [3.8, 4) is 0 Å². The van der Waals surface area contributed by atoms with E-state index in [2.05, 4.69) is 32.9 Å². The molecule has 2 aromatic rings. The Hall–Kier alpha value is -4.61. The highest BCUT2D eigenvalue weighted by molar-refractivity contribution is 7.09. The second kappa shape index (κ2) is 25.6. The van der Waals surface area contributed by atoms with Crippen LogP contribution in [0.2, 0.25) is 0 Å². The van der Waals surface area contributed by atoms with Crippen LogP contribution in [0.4, 0.5) is 10.1 Å². The van der Waals surface area contributed by atoms with Crippen LogP contribution in [0.25, 0.3) is 0 Å². The highest BCUT2D eigenvalue weighted by Gasteiger charge is 2.37. The van der Waals surface area contributed by atoms with Crippen LogP contribution in [-0.2, 0) is 35.1 Å². The van der Waals surface area contributed by atoms with Gasteiger partial charge in [-0.1, -0.05) is 72.8 Å². The SMILES string of the molecule is CCCCCCN(C(=O)C(C=NC(=O)C1CCCCN1)[C@@H](C)CC)[C@H](C[C@@H](OC(C)=O)c1nc(C(=O)N[C@@H](Cc2ccc(NC(=O)CN)c(F)c2)CC(C)(C)C(=O)O)cs1)C(C)C. The number of unbranched alkanes of at least 4 members (excludes halogenated alkanes) is 3. The molecule has 1 aliphatic heterocycles. The third kappa shape index (κ3) is 16.5. The Morgan fingerprint density at radius 3 is 2.44 bits per heavy atom. The minimum absolute atomic E-state index is 0.00933. The molecule has 63 heavy (non-hydrogen) atoms. The summed E-state index contributed by atoms with van der Waals surface area (Å²) in [7, 11) is 0. The Kier molecular flexibility index (Phi) is 21.4. The fourth-order valence-electron chi connectivity index (χ4n) is 7.68. The number of anilines is 1. The number of nitrogens with zero attached hydrogens (tertiary/aromatic N) is 3. The Morgan fingerprint density at radius 2 is 1.86 bits per heavy atom. The first kappa shape index (κ1) is 52.7. The number of hydrogen-bond donors (Lipinski definition) is 5. The van der Waals surface area contributed by atoms with Gasteiger partial charge in [0, 0.05) is 43.6 Å². The molecule has 1 fully saturated rings. The van der Waals surface area contributed by atoms with Crippen molar-refractivity contribution < 1.29 is 43.0 Å². The monoisotopic (exact) mass is 899 g/mol. The van der Waals surface area contributed by atoms with E-state index < -0.39 is 59.1 Å². The summed E-state index contributed by atoms with van der Waals surface area (Å²) in [5, 5.41) is 20.3. The van der Waals surface area contributed by atoms with E-state index in [4.69, 9.17) is 10.5 Å². The zero-order valence-corrected chi connectivity index (χ0v) is 39.2. The molecule has 1 aliphatic rings. The second-order valence-electron chi connectivity index (χ2n) is 17.7. The lowest BCUT2D eigenvalue weighted by molar-refractivity contribution is -0.149. The lowest BCUT2D eigenvalue weighted by atomic mass is 9.84. The number of amides is 4. The number of carbonyl (C=O) groups excluding carboxylic acids is 5. The van der Waals surface area contributed by atoms with Crippen molar-refractivity contribution in [2.24, 2.45) is 33.9 Å². The quantitative estimate of drug-likeness (QED) is 0.0394. The van der Waals surface area contributed by atoms with Crippen molar-refractivity contribution in [3.63, 3.8) is 0 Å². The van der Waals surface area contributed by atoms with Crippen molar-refractivity contribution in [1.82, 2.24) is 20.5 Å². The van der Waals surface area contributed by atoms with Crippen molar-refractivity contribution >= 4 is 58.8 Å². The first-order valence-electron chi connectivity index (χ1n) is 22.4. The van der Waals surface area contributed by atoms with E-state index in [0.29, 0.717) is 30.0 Å². The fourth-order valence-corrected chi connectivity index (χ4v) is 8.52. The average molecular weight is 900 g/mol. The van der Waals surface area contributed by atoms with Crippen molar-refractivity contribution in [2.75, 3.05) is 25.0 Å². The lowest BCUT2D eigenvalue weighted by Crippen LogP contribution is -2.49. The lowest BCUT2D eigenvalue weighted by Gasteiger charge is -2.38. The van der Waals surface area contributed by atoms with E-state index >= 15 is 0 Å². The Balaban J connectivity index is 1.95. The van der Waals surface area contributed by atoms with Crippen LogP contribution in [0.5, 0.6) is 0 Å². The van der Waals surface area contributed by atoms with E-state index in [-0.39, 0.29) is 66.9 Å². The van der Waals surface area contributed by atoms with Gasteiger partial charge < -0.3 is 36.4 Å². The maximum atomic E-state index is 15.0. The molecule has 2 heterocycles. The summed E-state index contributed by atoms with van der Waals surface area (Å²) in [5.41, 5.74) is 4.46. The molecule has 0 radical (unpaired) electrons. The highest BCUT2D eigenvalue weighted by atomic mass is 32.1. The molecule has 17 heteroatoms. The van der Waals surface area contributed by atoms with Gasteiger partial charge in [0.05, 0.1) is 29.6 Å². The Morgan fingerprint density at radius 1 is 1.13 bits per heavy atom. The first-order chi connectivity index (χ1) is 29.8. The maximum Gasteiger partial charge on any atom is 0.309 e. The van der Waals surface area contributed by atoms with Gasteiger partial charge in [-0.25, -0.2) is 14.4 Å². The second-order valence-corrected chi connectivity index (χ2v) is 18.6. The maximum absolute atomic E-state index is 15.0. The third-order valence-electron chi connectivity index (χ3n) is 11.7. The van der Waals surface area contributed by atoms with Crippen LogP contribution in [0.3, 0.4) is 0 Å². The number of aliphatic carboxylic acids is 1. The van der Waals surface area contributed by atoms with Crippen molar-refractivity contribution in [1.29, 1.82) is 0 Å². The number of rotatable bonds is 25. The number of benzene rings is 1. The Bertz CT molecular complexity index is 1880. The number of nitrogens with one attached hydrogen (secondary N) is 3. The third-order valence-corrected chi connectivity index (χ3v) is 12.6. The summed E-state index contributed by atoms with van der Waals surface area (Å²) in [6, 6.07) is 2.57. The fraction of sp³-hybridized carbons (Fsp3) is 0.652. The molecule has 0 bridgehead atoms. The van der Waals surface area contributed by atoms with Gasteiger partial charge in [-0.2, -0.15) is 0 Å². The summed E-state index contributed by atoms with van der Waals surface area (Å²) < 4.78 is 20.9. The number of carbonyl (C=O) groups is 6. The summed E-state index contributed by atoms with van der Waals surface area (Å²) in [4.78, 5) is 89.1. The molecule has 3 rings (SSSR count). The van der Waals surface area contributed by atoms with Crippen LogP contribution in [0.1, 0.15) is 147 Å². The molecule has 0 spiro atoms. The van der Waals surface area contributed by atoms with Crippen LogP contribution >= 0.6 is 11.3 Å². The van der Waals surface area contributed by atoms with Crippen LogP contribution in [0, 0.1) is 29.0 Å². The zero-order chi connectivity index (χ0) is 46.9. The van der Waals surface area contributed by atoms with Gasteiger partial charge in [0.15, 0.2) is 6.10 Å². The summed E-state index contributed by atoms with van der Waals surface area (Å²) in [6.45, 7) is 15.3. The summed E-state index contributed by atoms with van der Waals surface area (Å²) in [6.07, 6.45) is 7.83. The average Bonchev–Trinajstić information content (AvgIpc) is 3.74. The zero-order valence-electron chi connectivity index (χ0n) is 38.3. The molecule has 0 saturated carbocycles. The molecule has 350 valence electrons. The minimum atomic E-state index is -1.27. The summed E-state index contributed by atoms with van der Waals surface area (Å²) in [5.74, 6) is -4.86. The number of aliphatic imine (C=N–C) groups is 1. The molecule has 6 atom stereocenters. The minimum Gasteiger partial charge on any atom is -0.481 e. The van der Waals surface area contributed by atoms with Gasteiger partial charge in [0.25, 0.3) is 11.8 Å². The van der Waals surface area contributed by atoms with Crippen LogP contribution in [-0.4, -0.2) is 94.5 Å². The molecular formula is C46H70FN7O8S. The normalized spacial score (nSPS) is 16.8. The smallest absolute Gasteiger partial charge is 0.309 e. The molecule has 1 aromatic heterocycles. The molecule has 15 nitrogen and oxygen atoms in total. The molecule has 0 aliphatic carbocycles. The van der Waals surface area contributed by atoms with E-state index in [1.54, 1.807) is 6.07 Å². The number of halogens is 1. The van der Waals surface area contributed by atoms with Gasteiger partial charge in [0.1, 0.15) is 16.5 Å². The number of carboxylic acids is 1. The van der Waals surface area contributed by atoms with E-state index in [9.17, 15) is 38.3 Å². The van der Waals surface area contributed by atoms with E-state index in [0.717, 1.165) is 56.4 Å². The number of nitrogens with two attached hydrogens (primary N) is 1. The first-order valence-corrected chi connectivity index (χ1v) is 23.3. The molecular weight excluding hydrogens is 830 g/mol. The number of hydrogen-bond acceptors (Lipinski definition) is 11. The van der Waals surface area contributed by atoms with Gasteiger partial charge in [-0.05, 0) is 82.0 Å².